The smallest absolute Gasteiger partial charge is 0.308 e. The van der Waals surface area contributed by atoms with Gasteiger partial charge in [-0.15, -0.1) is 11.3 Å². The molecular weight excluding hydrogens is 289 g/mol. The standard InChI is InChI=1S/C16H16FNO2S/c1-11(19)20-16-8-13-10-18(7-6-15(13)21-16)9-12-4-2-3-5-14(12)17/h2-5,8H,6-7,9-10H2,1H3. The maximum atomic E-state index is 13.7. The third kappa shape index (κ3) is 3.31. The zero-order chi connectivity index (χ0) is 14.8. The second kappa shape index (κ2) is 5.95. The quantitative estimate of drug-likeness (QED) is 0.814. The van der Waals surface area contributed by atoms with Crippen molar-refractivity contribution in [1.82, 2.24) is 4.90 Å². The van der Waals surface area contributed by atoms with Gasteiger partial charge in [0.05, 0.1) is 0 Å². The molecule has 1 aromatic carbocycles. The van der Waals surface area contributed by atoms with E-state index in [9.17, 15) is 9.18 Å². The van der Waals surface area contributed by atoms with Crippen LogP contribution in [-0.2, 0) is 24.3 Å². The number of rotatable bonds is 3. The van der Waals surface area contributed by atoms with Crippen molar-refractivity contribution in [3.8, 4) is 5.06 Å². The van der Waals surface area contributed by atoms with Crippen molar-refractivity contribution in [3.05, 3.63) is 52.2 Å². The number of benzene rings is 1. The molecule has 0 aliphatic carbocycles. The summed E-state index contributed by atoms with van der Waals surface area (Å²) < 4.78 is 18.8. The highest BCUT2D eigenvalue weighted by molar-refractivity contribution is 7.14. The molecule has 0 fully saturated rings. The Bertz CT molecular complexity index is 668. The Labute approximate surface area is 127 Å². The summed E-state index contributed by atoms with van der Waals surface area (Å²) in [4.78, 5) is 14.5. The molecule has 5 heteroatoms. The summed E-state index contributed by atoms with van der Waals surface area (Å²) >= 11 is 1.53. The fourth-order valence-corrected chi connectivity index (χ4v) is 3.61. The minimum Gasteiger partial charge on any atom is -0.416 e. The lowest BCUT2D eigenvalue weighted by atomic mass is 10.1. The fraction of sp³-hybridized carbons (Fsp3) is 0.312. The van der Waals surface area contributed by atoms with Gasteiger partial charge in [0, 0.05) is 37.0 Å². The van der Waals surface area contributed by atoms with Crippen LogP contribution in [0.4, 0.5) is 4.39 Å². The van der Waals surface area contributed by atoms with E-state index in [1.165, 1.54) is 34.8 Å². The zero-order valence-corrected chi connectivity index (χ0v) is 12.6. The normalized spacial score (nSPS) is 14.8. The Kier molecular flexibility index (Phi) is 4.03. The SMILES string of the molecule is CC(=O)Oc1cc2c(s1)CCN(Cc1ccccc1F)C2. The van der Waals surface area contributed by atoms with Gasteiger partial charge in [0.25, 0.3) is 0 Å². The molecule has 0 amide bonds. The van der Waals surface area contributed by atoms with Gasteiger partial charge in [-0.2, -0.15) is 0 Å². The number of esters is 1. The van der Waals surface area contributed by atoms with Gasteiger partial charge >= 0.3 is 5.97 Å². The van der Waals surface area contributed by atoms with Crippen molar-refractivity contribution in [2.75, 3.05) is 6.54 Å². The van der Waals surface area contributed by atoms with Crippen molar-refractivity contribution in [2.45, 2.75) is 26.4 Å². The number of nitrogens with zero attached hydrogens (tertiary/aromatic N) is 1. The first-order chi connectivity index (χ1) is 10.1. The number of carbonyl (C=O) groups is 1. The molecule has 110 valence electrons. The van der Waals surface area contributed by atoms with Crippen LogP contribution in [0.25, 0.3) is 0 Å². The van der Waals surface area contributed by atoms with Crippen molar-refractivity contribution < 1.29 is 13.9 Å². The Morgan fingerprint density at radius 3 is 3.00 bits per heavy atom. The topological polar surface area (TPSA) is 29.5 Å². The maximum Gasteiger partial charge on any atom is 0.308 e. The van der Waals surface area contributed by atoms with Crippen LogP contribution in [0.1, 0.15) is 22.9 Å². The molecule has 0 unspecified atom stereocenters. The van der Waals surface area contributed by atoms with E-state index in [0.29, 0.717) is 11.6 Å². The van der Waals surface area contributed by atoms with Gasteiger partial charge in [-0.3, -0.25) is 9.69 Å². The molecule has 2 aromatic rings. The summed E-state index contributed by atoms with van der Waals surface area (Å²) in [5.74, 6) is -0.453. The Hall–Kier alpha value is -1.72. The van der Waals surface area contributed by atoms with Gasteiger partial charge in [-0.25, -0.2) is 4.39 Å². The van der Waals surface area contributed by atoms with Crippen molar-refractivity contribution in [1.29, 1.82) is 0 Å². The summed E-state index contributed by atoms with van der Waals surface area (Å²) in [6, 6.07) is 8.81. The molecule has 0 atom stereocenters. The van der Waals surface area contributed by atoms with Crippen LogP contribution in [0.3, 0.4) is 0 Å². The second-order valence-corrected chi connectivity index (χ2v) is 6.26. The molecule has 0 saturated heterocycles. The zero-order valence-electron chi connectivity index (χ0n) is 11.8. The van der Waals surface area contributed by atoms with Crippen LogP contribution in [0, 0.1) is 5.82 Å². The molecule has 3 nitrogen and oxygen atoms in total. The number of carbonyl (C=O) groups excluding carboxylic acids is 1. The lowest BCUT2D eigenvalue weighted by Gasteiger charge is -2.26. The van der Waals surface area contributed by atoms with Crippen LogP contribution in [0.5, 0.6) is 5.06 Å². The minimum absolute atomic E-state index is 0.158. The third-order valence-corrected chi connectivity index (χ3v) is 4.63. The van der Waals surface area contributed by atoms with Gasteiger partial charge < -0.3 is 4.74 Å². The summed E-state index contributed by atoms with van der Waals surface area (Å²) in [5, 5.41) is 0.653. The van der Waals surface area contributed by atoms with Gasteiger partial charge in [-0.05, 0) is 24.1 Å². The van der Waals surface area contributed by atoms with Gasteiger partial charge in [0.15, 0.2) is 5.06 Å². The fourth-order valence-electron chi connectivity index (χ4n) is 2.56. The molecule has 3 rings (SSSR count). The summed E-state index contributed by atoms with van der Waals surface area (Å²) in [5.41, 5.74) is 1.90. The summed E-state index contributed by atoms with van der Waals surface area (Å²) in [6.07, 6.45) is 0.912. The number of hydrogen-bond acceptors (Lipinski definition) is 4. The Balaban J connectivity index is 1.71. The number of thiophene rings is 1. The largest absolute Gasteiger partial charge is 0.416 e. The molecule has 1 aliphatic rings. The molecule has 0 bridgehead atoms. The third-order valence-electron chi connectivity index (χ3n) is 3.52. The number of ether oxygens (including phenoxy) is 1. The first kappa shape index (κ1) is 14.2. The first-order valence-electron chi connectivity index (χ1n) is 6.87. The molecule has 0 N–H and O–H groups in total. The van der Waals surface area contributed by atoms with Crippen LogP contribution in [0.15, 0.2) is 30.3 Å². The van der Waals surface area contributed by atoms with Gasteiger partial charge in [-0.1, -0.05) is 18.2 Å². The molecule has 21 heavy (non-hydrogen) atoms. The van der Waals surface area contributed by atoms with Crippen molar-refractivity contribution in [2.24, 2.45) is 0 Å². The van der Waals surface area contributed by atoms with Crippen LogP contribution < -0.4 is 4.74 Å². The van der Waals surface area contributed by atoms with E-state index >= 15 is 0 Å². The molecule has 1 aliphatic heterocycles. The van der Waals surface area contributed by atoms with Crippen LogP contribution in [-0.4, -0.2) is 17.4 Å². The van der Waals surface area contributed by atoms with E-state index in [1.807, 2.05) is 18.2 Å². The number of halogens is 1. The highest BCUT2D eigenvalue weighted by Crippen LogP contribution is 2.33. The molecular formula is C16H16FNO2S. The molecule has 1 aromatic heterocycles. The van der Waals surface area contributed by atoms with E-state index in [-0.39, 0.29) is 11.8 Å². The average molecular weight is 305 g/mol. The number of hydrogen-bond donors (Lipinski definition) is 0. The Morgan fingerprint density at radius 2 is 2.24 bits per heavy atom. The van der Waals surface area contributed by atoms with E-state index in [0.717, 1.165) is 25.1 Å². The summed E-state index contributed by atoms with van der Waals surface area (Å²) in [6.45, 7) is 3.66. The average Bonchev–Trinajstić information content (AvgIpc) is 2.82. The van der Waals surface area contributed by atoms with Gasteiger partial charge in [0.2, 0.25) is 0 Å². The monoisotopic (exact) mass is 305 g/mol. The second-order valence-electron chi connectivity index (χ2n) is 5.16. The highest BCUT2D eigenvalue weighted by Gasteiger charge is 2.21. The van der Waals surface area contributed by atoms with E-state index < -0.39 is 0 Å². The minimum atomic E-state index is -0.295. The van der Waals surface area contributed by atoms with Gasteiger partial charge in [0.1, 0.15) is 5.82 Å². The van der Waals surface area contributed by atoms with E-state index in [1.54, 1.807) is 6.07 Å². The molecule has 2 heterocycles. The molecule has 0 saturated carbocycles. The van der Waals surface area contributed by atoms with Crippen molar-refractivity contribution in [3.63, 3.8) is 0 Å². The van der Waals surface area contributed by atoms with Crippen LogP contribution in [0.2, 0.25) is 0 Å². The van der Waals surface area contributed by atoms with E-state index in [4.69, 9.17) is 4.74 Å². The highest BCUT2D eigenvalue weighted by atomic mass is 32.1. The summed E-state index contributed by atoms with van der Waals surface area (Å²) in [7, 11) is 0. The lowest BCUT2D eigenvalue weighted by molar-refractivity contribution is -0.131. The maximum absolute atomic E-state index is 13.7. The Morgan fingerprint density at radius 1 is 1.43 bits per heavy atom. The molecule has 0 spiro atoms. The predicted molar refractivity (Wildman–Crippen MR) is 79.8 cm³/mol. The van der Waals surface area contributed by atoms with E-state index in [2.05, 4.69) is 4.90 Å². The van der Waals surface area contributed by atoms with Crippen molar-refractivity contribution >= 4 is 17.3 Å². The first-order valence-corrected chi connectivity index (χ1v) is 7.69. The predicted octanol–water partition coefficient (Wildman–Crippen LogP) is 3.37. The molecule has 0 radical (unpaired) electrons. The van der Waals surface area contributed by atoms with Crippen LogP contribution >= 0.6 is 11.3 Å². The lowest BCUT2D eigenvalue weighted by Crippen LogP contribution is -2.29. The number of fused-ring (bicyclic) bond motifs is 1.